The Balaban J connectivity index is 0.000000735. The Kier molecular flexibility index (Phi) is 5.14. The minimum Gasteiger partial charge on any atom is -1.00 e. The quantitative estimate of drug-likeness (QED) is 0.563. The van der Waals surface area contributed by atoms with E-state index in [9.17, 15) is 0 Å². The molecule has 4 aliphatic carbocycles. The third-order valence-corrected chi connectivity index (χ3v) is 5.66. The van der Waals surface area contributed by atoms with Crippen LogP contribution in [0, 0.1) is 23.8 Å². The molecular weight excluding hydrogens is 324 g/mol. The molecule has 3 heteroatoms. The number of hydrogen-bond donors (Lipinski definition) is 0. The molecule has 0 atom stereocenters. The van der Waals surface area contributed by atoms with E-state index >= 15 is 0 Å². The summed E-state index contributed by atoms with van der Waals surface area (Å²) >= 11 is 0. The predicted octanol–water partition coefficient (Wildman–Crippen LogP) is 0.586. The van der Waals surface area contributed by atoms with Gasteiger partial charge in [-0.2, -0.15) is 18.2 Å². The van der Waals surface area contributed by atoms with Crippen molar-refractivity contribution in [1.82, 2.24) is 0 Å². The van der Waals surface area contributed by atoms with E-state index in [1.807, 2.05) is 6.07 Å². The second kappa shape index (κ2) is 6.17. The van der Waals surface area contributed by atoms with Crippen LogP contribution in [0.5, 0.6) is 5.75 Å². The molecule has 0 saturated heterocycles. The van der Waals surface area contributed by atoms with Gasteiger partial charge in [-0.1, -0.05) is 0 Å². The van der Waals surface area contributed by atoms with E-state index in [4.69, 9.17) is 4.74 Å². The summed E-state index contributed by atoms with van der Waals surface area (Å²) in [6, 6.07) is 9.52. The summed E-state index contributed by atoms with van der Waals surface area (Å²) in [5, 5.41) is 0. The van der Waals surface area contributed by atoms with Crippen LogP contribution in [0.1, 0.15) is 44.1 Å². The van der Waals surface area contributed by atoms with Crippen LogP contribution < -0.4 is 21.7 Å². The average molecular weight is 346 g/mol. The molecule has 4 bridgehead atoms. The van der Waals surface area contributed by atoms with Crippen LogP contribution in [0.2, 0.25) is 0 Å². The molecule has 5 rings (SSSR count). The fourth-order valence-corrected chi connectivity index (χ4v) is 5.46. The van der Waals surface area contributed by atoms with Crippen molar-refractivity contribution in [2.75, 3.05) is 7.11 Å². The first-order valence-corrected chi connectivity index (χ1v) is 7.34. The van der Waals surface area contributed by atoms with E-state index < -0.39 is 0 Å². The Morgan fingerprint density at radius 3 is 2.15 bits per heavy atom. The molecule has 0 aromatic heterocycles. The van der Waals surface area contributed by atoms with Crippen molar-refractivity contribution < 1.29 is 21.7 Å². The molecule has 4 saturated carbocycles. The van der Waals surface area contributed by atoms with Gasteiger partial charge < -0.3 is 21.7 Å². The topological polar surface area (TPSA) is 9.23 Å². The molecule has 0 radical (unpaired) electrons. The molecule has 20 heavy (non-hydrogen) atoms. The second-order valence-electron chi connectivity index (χ2n) is 6.82. The van der Waals surface area contributed by atoms with Crippen LogP contribution in [0.4, 0.5) is 0 Å². The fourth-order valence-electron chi connectivity index (χ4n) is 5.46. The Labute approximate surface area is 148 Å². The van der Waals surface area contributed by atoms with Gasteiger partial charge in [0.2, 0.25) is 0 Å². The Morgan fingerprint density at radius 2 is 1.65 bits per heavy atom. The number of benzene rings is 1. The molecular formula is C17H21BrMgO. The van der Waals surface area contributed by atoms with Crippen molar-refractivity contribution in [3.05, 3.63) is 29.8 Å². The van der Waals surface area contributed by atoms with Crippen LogP contribution >= 0.6 is 0 Å². The molecule has 0 unspecified atom stereocenters. The van der Waals surface area contributed by atoms with Crippen molar-refractivity contribution in [2.24, 2.45) is 17.8 Å². The summed E-state index contributed by atoms with van der Waals surface area (Å²) in [7, 11) is 1.80. The molecule has 4 aliphatic rings. The normalized spacial score (nSPS) is 37.0. The van der Waals surface area contributed by atoms with Gasteiger partial charge in [-0.25, -0.2) is 0 Å². The minimum absolute atomic E-state index is 0. The first kappa shape index (κ1) is 16.6. The van der Waals surface area contributed by atoms with Crippen molar-refractivity contribution in [3.8, 4) is 5.75 Å². The van der Waals surface area contributed by atoms with Crippen LogP contribution in [-0.4, -0.2) is 30.2 Å². The maximum Gasteiger partial charge on any atom is 2.00 e. The number of halogens is 1. The molecule has 104 valence electrons. The van der Waals surface area contributed by atoms with Crippen LogP contribution in [0.25, 0.3) is 0 Å². The molecule has 0 N–H and O–H groups in total. The van der Waals surface area contributed by atoms with E-state index in [0.717, 1.165) is 23.5 Å². The number of methoxy groups -OCH3 is 1. The summed E-state index contributed by atoms with van der Waals surface area (Å²) in [5.74, 6) is 4.04. The Hall–Kier alpha value is 0.266. The van der Waals surface area contributed by atoms with E-state index in [1.54, 1.807) is 7.11 Å². The number of hydrogen-bond acceptors (Lipinski definition) is 1. The largest absolute Gasteiger partial charge is 2.00 e. The number of ether oxygens (including phenoxy) is 1. The molecule has 0 spiro atoms. The SMILES string of the molecule is COc1c[c-]ccc1C12CC3CC(CC(C3)C1)C2.[Br-].[Mg+2]. The van der Waals surface area contributed by atoms with Crippen LogP contribution in [0.3, 0.4) is 0 Å². The molecule has 1 aromatic rings. The summed E-state index contributed by atoms with van der Waals surface area (Å²) in [5.41, 5.74) is 1.91. The average Bonchev–Trinajstić information content (AvgIpc) is 2.37. The third kappa shape index (κ3) is 2.54. The molecule has 0 aliphatic heterocycles. The van der Waals surface area contributed by atoms with Crippen molar-refractivity contribution >= 4 is 23.1 Å². The first-order valence-electron chi connectivity index (χ1n) is 7.34. The van der Waals surface area contributed by atoms with Crippen LogP contribution in [-0.2, 0) is 5.41 Å². The van der Waals surface area contributed by atoms with Gasteiger partial charge in [0.15, 0.2) is 0 Å². The molecule has 0 amide bonds. The zero-order chi connectivity index (χ0) is 12.2. The molecule has 0 heterocycles. The summed E-state index contributed by atoms with van der Waals surface area (Å²) in [6.07, 6.45) is 8.71. The monoisotopic (exact) mass is 344 g/mol. The second-order valence-corrected chi connectivity index (χ2v) is 6.82. The smallest absolute Gasteiger partial charge is 1.00 e. The maximum absolute atomic E-state index is 5.60. The maximum atomic E-state index is 5.60. The van der Waals surface area contributed by atoms with Crippen molar-refractivity contribution in [3.63, 3.8) is 0 Å². The zero-order valence-corrected chi connectivity index (χ0v) is 15.2. The van der Waals surface area contributed by atoms with Gasteiger partial charge in [0.25, 0.3) is 0 Å². The summed E-state index contributed by atoms with van der Waals surface area (Å²) in [6.45, 7) is 0. The third-order valence-electron chi connectivity index (χ3n) is 5.66. The van der Waals surface area contributed by atoms with Crippen molar-refractivity contribution in [2.45, 2.75) is 43.9 Å². The minimum atomic E-state index is 0. The van der Waals surface area contributed by atoms with Gasteiger partial charge in [-0.15, -0.1) is 11.6 Å². The molecule has 1 aromatic carbocycles. The Morgan fingerprint density at radius 1 is 1.10 bits per heavy atom. The van der Waals surface area contributed by atoms with Gasteiger partial charge in [-0.05, 0) is 61.7 Å². The standard InChI is InChI=1S/C17H21O.BrH.Mg/c1-18-16-5-3-2-4-15(16)17-9-12-6-13(10-17)8-14(7-12)11-17;;/h2,4-5,12-14H,6-11H2,1H3;1H;/q-1;;+2/p-1. The van der Waals surface area contributed by atoms with E-state index in [1.165, 1.54) is 44.1 Å². The van der Waals surface area contributed by atoms with Crippen molar-refractivity contribution in [1.29, 1.82) is 0 Å². The predicted molar refractivity (Wildman–Crippen MR) is 77.4 cm³/mol. The Bertz CT molecular complexity index is 439. The van der Waals surface area contributed by atoms with E-state index in [2.05, 4.69) is 18.2 Å². The summed E-state index contributed by atoms with van der Waals surface area (Å²) in [4.78, 5) is 0. The van der Waals surface area contributed by atoms with Gasteiger partial charge in [0.05, 0.1) is 7.11 Å². The summed E-state index contributed by atoms with van der Waals surface area (Å²) < 4.78 is 5.60. The van der Waals surface area contributed by atoms with Gasteiger partial charge in [0.1, 0.15) is 0 Å². The van der Waals surface area contributed by atoms with Gasteiger partial charge in [0, 0.05) is 5.75 Å². The molecule has 1 nitrogen and oxygen atoms in total. The fraction of sp³-hybridized carbons (Fsp3) is 0.647. The van der Waals surface area contributed by atoms with Gasteiger partial charge in [-0.3, -0.25) is 0 Å². The zero-order valence-electron chi connectivity index (χ0n) is 12.2. The first-order chi connectivity index (χ1) is 8.79. The number of rotatable bonds is 2. The van der Waals surface area contributed by atoms with E-state index in [-0.39, 0.29) is 40.0 Å². The van der Waals surface area contributed by atoms with E-state index in [0.29, 0.717) is 5.41 Å². The van der Waals surface area contributed by atoms with Gasteiger partial charge >= 0.3 is 23.1 Å². The van der Waals surface area contributed by atoms with Crippen LogP contribution in [0.15, 0.2) is 18.2 Å². The molecule has 4 fully saturated rings.